The Hall–Kier alpha value is -0.388. The summed E-state index contributed by atoms with van der Waals surface area (Å²) in [7, 11) is 0. The van der Waals surface area contributed by atoms with Gasteiger partial charge in [-0.2, -0.15) is 0 Å². The van der Waals surface area contributed by atoms with Gasteiger partial charge in [-0.25, -0.2) is 4.79 Å². The van der Waals surface area contributed by atoms with Crippen LogP contribution in [0.5, 0.6) is 0 Å². The number of hydrogen-bond donors (Lipinski definition) is 1. The number of aryl methyl sites for hydroxylation is 1. The van der Waals surface area contributed by atoms with Crippen LogP contribution in [0, 0.1) is 6.92 Å². The molecule has 0 fully saturated rings. The Morgan fingerprint density at radius 3 is 2.27 bits per heavy atom. The molecule has 0 aliphatic carbocycles. The minimum absolute atomic E-state index is 0. The van der Waals surface area contributed by atoms with Gasteiger partial charge in [0.1, 0.15) is 0 Å². The fourth-order valence-corrected chi connectivity index (χ4v) is 0.813. The molecule has 11 heavy (non-hydrogen) atoms. The molecular weight excluding hydrogens is 335 g/mol. The van der Waals surface area contributed by atoms with E-state index in [9.17, 15) is 4.79 Å². The Morgan fingerprint density at radius 2 is 1.91 bits per heavy atom. The molecule has 0 spiro atoms. The van der Waals surface area contributed by atoms with E-state index in [1.54, 1.807) is 25.1 Å². The van der Waals surface area contributed by atoms with E-state index in [0.717, 1.165) is 5.56 Å². The first kappa shape index (κ1) is 10.6. The molecule has 4 radical (unpaired) electrons. The van der Waals surface area contributed by atoms with E-state index >= 15 is 0 Å². The summed E-state index contributed by atoms with van der Waals surface area (Å²) in [6.45, 7) is 1.78. The summed E-state index contributed by atoms with van der Waals surface area (Å²) in [6, 6.07) is 6.92. The molecule has 3 heteroatoms. The van der Waals surface area contributed by atoms with Crippen LogP contribution in [-0.4, -0.2) is 38.4 Å². The first-order valence-electron chi connectivity index (χ1n) is 3.01. The van der Waals surface area contributed by atoms with Crippen LogP contribution < -0.4 is 0 Å². The molecule has 1 aromatic carbocycles. The summed E-state index contributed by atoms with van der Waals surface area (Å²) in [5.41, 5.74) is 1.18. The smallest absolute Gasteiger partial charge is 0.335 e. The van der Waals surface area contributed by atoms with Crippen molar-refractivity contribution < 1.29 is 9.90 Å². The number of carbonyl (C=O) groups is 1. The molecule has 0 aliphatic heterocycles. The largest absolute Gasteiger partial charge is 0.478 e. The van der Waals surface area contributed by atoms with Gasteiger partial charge in [0.15, 0.2) is 0 Å². The number of aromatic carboxylic acids is 1. The van der Waals surface area contributed by atoms with Crippen LogP contribution in [0.15, 0.2) is 24.3 Å². The molecule has 1 rings (SSSR count). The third kappa shape index (κ3) is 2.61. The number of benzene rings is 1. The predicted octanol–water partition coefficient (Wildman–Crippen LogP) is 1.31. The number of carboxylic acids is 1. The quantitative estimate of drug-likeness (QED) is 0.781. The van der Waals surface area contributed by atoms with E-state index in [4.69, 9.17) is 5.11 Å². The maximum Gasteiger partial charge on any atom is 0.335 e. The van der Waals surface area contributed by atoms with Gasteiger partial charge in [0, 0.05) is 27.3 Å². The van der Waals surface area contributed by atoms with Gasteiger partial charge in [-0.15, -0.1) is 0 Å². The van der Waals surface area contributed by atoms with E-state index in [1.165, 1.54) is 0 Å². The maximum atomic E-state index is 10.4. The fourth-order valence-electron chi connectivity index (χ4n) is 0.813. The minimum Gasteiger partial charge on any atom is -0.478 e. The third-order valence-corrected chi connectivity index (χ3v) is 1.38. The van der Waals surface area contributed by atoms with E-state index in [2.05, 4.69) is 0 Å². The van der Waals surface area contributed by atoms with E-state index < -0.39 is 5.97 Å². The Morgan fingerprint density at radius 1 is 1.36 bits per heavy atom. The number of hydrogen-bond acceptors (Lipinski definition) is 1. The van der Waals surface area contributed by atoms with Gasteiger partial charge < -0.3 is 5.11 Å². The predicted molar refractivity (Wildman–Crippen MR) is 43.9 cm³/mol. The van der Waals surface area contributed by atoms with Crippen molar-refractivity contribution in [1.82, 2.24) is 0 Å². The molecule has 1 N–H and O–H groups in total. The third-order valence-electron chi connectivity index (χ3n) is 1.38. The van der Waals surface area contributed by atoms with E-state index in [0.29, 0.717) is 5.56 Å². The second kappa shape index (κ2) is 4.48. The maximum absolute atomic E-state index is 10.4. The van der Waals surface area contributed by atoms with Crippen molar-refractivity contribution >= 4 is 33.3 Å². The molecular formula is C8H8O2Pb. The first-order chi connectivity index (χ1) is 4.72. The van der Waals surface area contributed by atoms with E-state index in [1.807, 2.05) is 6.07 Å². The van der Waals surface area contributed by atoms with Crippen LogP contribution in [0.25, 0.3) is 0 Å². The van der Waals surface area contributed by atoms with Crippen LogP contribution in [0.4, 0.5) is 0 Å². The summed E-state index contributed by atoms with van der Waals surface area (Å²) in [4.78, 5) is 10.4. The molecule has 2 nitrogen and oxygen atoms in total. The summed E-state index contributed by atoms with van der Waals surface area (Å²) in [6.07, 6.45) is 0. The SMILES string of the molecule is Cc1ccccc1C(=O)O.[Pb]. The van der Waals surface area contributed by atoms with Crippen molar-refractivity contribution in [1.29, 1.82) is 0 Å². The summed E-state index contributed by atoms with van der Waals surface area (Å²) >= 11 is 0. The Bertz CT molecular complexity index is 258. The standard InChI is InChI=1S/C8H8O2.Pb/c1-6-4-2-3-5-7(6)8(9)10;/h2-5H,1H3,(H,9,10);. The van der Waals surface area contributed by atoms with Crippen LogP contribution >= 0.6 is 0 Å². The molecule has 0 saturated heterocycles. The zero-order valence-electron chi connectivity index (χ0n) is 6.16. The second-order valence-corrected chi connectivity index (χ2v) is 2.12. The monoisotopic (exact) mass is 344 g/mol. The molecule has 56 valence electrons. The minimum atomic E-state index is -0.863. The zero-order chi connectivity index (χ0) is 7.56. The fraction of sp³-hybridized carbons (Fsp3) is 0.125. The van der Waals surface area contributed by atoms with Gasteiger partial charge in [-0.1, -0.05) is 18.2 Å². The molecule has 0 atom stereocenters. The van der Waals surface area contributed by atoms with Crippen molar-refractivity contribution in [3.8, 4) is 0 Å². The van der Waals surface area contributed by atoms with Crippen LogP contribution in [0.3, 0.4) is 0 Å². The van der Waals surface area contributed by atoms with E-state index in [-0.39, 0.29) is 27.3 Å². The molecule has 1 aromatic rings. The van der Waals surface area contributed by atoms with Crippen LogP contribution in [0.1, 0.15) is 15.9 Å². The van der Waals surface area contributed by atoms with Gasteiger partial charge >= 0.3 is 5.97 Å². The molecule has 0 bridgehead atoms. The average Bonchev–Trinajstić information content (AvgIpc) is 1.88. The molecule has 0 saturated carbocycles. The Balaban J connectivity index is 0.000001000. The number of rotatable bonds is 1. The molecule has 0 aromatic heterocycles. The van der Waals surface area contributed by atoms with Crippen molar-refractivity contribution in [2.45, 2.75) is 6.92 Å². The van der Waals surface area contributed by atoms with Gasteiger partial charge in [-0.3, -0.25) is 0 Å². The second-order valence-electron chi connectivity index (χ2n) is 2.12. The van der Waals surface area contributed by atoms with Crippen molar-refractivity contribution in [2.24, 2.45) is 0 Å². The van der Waals surface area contributed by atoms with Gasteiger partial charge in [0.2, 0.25) is 0 Å². The van der Waals surface area contributed by atoms with Gasteiger partial charge in [0.05, 0.1) is 5.56 Å². The molecule has 0 heterocycles. The number of carboxylic acid groups (broad SMARTS) is 1. The Labute approximate surface area is 85.4 Å². The topological polar surface area (TPSA) is 37.3 Å². The van der Waals surface area contributed by atoms with Crippen LogP contribution in [-0.2, 0) is 0 Å². The van der Waals surface area contributed by atoms with Crippen LogP contribution in [0.2, 0.25) is 0 Å². The Kier molecular flexibility index (Phi) is 4.32. The zero-order valence-corrected chi connectivity index (χ0v) is 10.1. The summed E-state index contributed by atoms with van der Waals surface area (Å²) in [5, 5.41) is 8.57. The summed E-state index contributed by atoms with van der Waals surface area (Å²) < 4.78 is 0. The van der Waals surface area contributed by atoms with Gasteiger partial charge in [0.25, 0.3) is 0 Å². The van der Waals surface area contributed by atoms with Gasteiger partial charge in [-0.05, 0) is 18.6 Å². The average molecular weight is 343 g/mol. The van der Waals surface area contributed by atoms with Crippen molar-refractivity contribution in [2.75, 3.05) is 0 Å². The van der Waals surface area contributed by atoms with Crippen molar-refractivity contribution in [3.05, 3.63) is 35.4 Å². The molecule has 0 aliphatic rings. The molecule has 0 amide bonds. The van der Waals surface area contributed by atoms with Crippen molar-refractivity contribution in [3.63, 3.8) is 0 Å². The molecule has 0 unspecified atom stereocenters. The summed E-state index contributed by atoms with van der Waals surface area (Å²) in [5.74, 6) is -0.863. The normalized spacial score (nSPS) is 8.45. The first-order valence-corrected chi connectivity index (χ1v) is 3.01.